The van der Waals surface area contributed by atoms with Crippen molar-refractivity contribution in [3.05, 3.63) is 10.8 Å². The second-order valence-corrected chi connectivity index (χ2v) is 6.63. The van der Waals surface area contributed by atoms with Crippen LogP contribution in [0.15, 0.2) is 0 Å². The van der Waals surface area contributed by atoms with Crippen LogP contribution in [0.1, 0.15) is 24.3 Å². The van der Waals surface area contributed by atoms with Crippen LogP contribution in [-0.4, -0.2) is 54.1 Å². The number of hydrogen-bond acceptors (Lipinski definition) is 5. The van der Waals surface area contributed by atoms with Gasteiger partial charge in [0.1, 0.15) is 6.04 Å². The Bertz CT molecular complexity index is 526. The number of nitrogen functional groups attached to an aromatic ring is 2. The van der Waals surface area contributed by atoms with E-state index in [4.69, 9.17) is 23.1 Å². The normalized spacial score (nSPS) is 13.3. The van der Waals surface area contributed by atoms with Gasteiger partial charge in [-0.15, -0.1) is 0 Å². The van der Waals surface area contributed by atoms with Gasteiger partial charge in [-0.2, -0.15) is 0 Å². The highest BCUT2D eigenvalue weighted by molar-refractivity contribution is 6.31. The standard InChI is InChI=1S/C13H23ClN6O/c1-7(2)8(20(3,4)5)6-17-13(21)9-11(15)19-12(16)10(14)18-9/h7-8H,6H2,1-5H3,(H4-,15,16,17,19,21)/p+1. The first-order valence-corrected chi connectivity index (χ1v) is 7.09. The monoisotopic (exact) mass is 315 g/mol. The number of carbonyl (C=O) groups excluding carboxylic acids is 1. The van der Waals surface area contributed by atoms with E-state index < -0.39 is 5.91 Å². The predicted octanol–water partition coefficient (Wildman–Crippen LogP) is 0.755. The Morgan fingerprint density at radius 2 is 1.81 bits per heavy atom. The van der Waals surface area contributed by atoms with Crippen molar-refractivity contribution in [1.82, 2.24) is 15.3 Å². The molecule has 0 bridgehead atoms. The lowest BCUT2D eigenvalue weighted by Gasteiger charge is -2.36. The first-order chi connectivity index (χ1) is 9.54. The lowest BCUT2D eigenvalue weighted by atomic mass is 10.0. The number of rotatable bonds is 5. The molecule has 21 heavy (non-hydrogen) atoms. The number of aromatic nitrogens is 2. The van der Waals surface area contributed by atoms with E-state index in [2.05, 4.69) is 50.3 Å². The van der Waals surface area contributed by atoms with Gasteiger partial charge in [0.25, 0.3) is 5.91 Å². The summed E-state index contributed by atoms with van der Waals surface area (Å²) in [5, 5.41) is 2.81. The molecule has 0 aliphatic heterocycles. The first-order valence-electron chi connectivity index (χ1n) is 6.71. The Balaban J connectivity index is 2.85. The molecule has 1 atom stereocenters. The van der Waals surface area contributed by atoms with Crippen LogP contribution in [0.25, 0.3) is 0 Å². The molecule has 0 aromatic carbocycles. The quantitative estimate of drug-likeness (QED) is 0.695. The second kappa shape index (κ2) is 6.44. The number of hydrogen-bond donors (Lipinski definition) is 3. The maximum absolute atomic E-state index is 12.2. The van der Waals surface area contributed by atoms with E-state index >= 15 is 0 Å². The van der Waals surface area contributed by atoms with Crippen molar-refractivity contribution in [1.29, 1.82) is 0 Å². The van der Waals surface area contributed by atoms with E-state index in [1.165, 1.54) is 0 Å². The number of anilines is 2. The van der Waals surface area contributed by atoms with Gasteiger partial charge in [-0.3, -0.25) is 4.79 Å². The van der Waals surface area contributed by atoms with Crippen LogP contribution in [0.3, 0.4) is 0 Å². The van der Waals surface area contributed by atoms with Gasteiger partial charge in [-0.1, -0.05) is 25.4 Å². The van der Waals surface area contributed by atoms with E-state index in [9.17, 15) is 4.79 Å². The minimum absolute atomic E-state index is 0.00175. The fraction of sp³-hybridized carbons (Fsp3) is 0.615. The molecule has 1 aromatic rings. The molecule has 1 amide bonds. The number of nitrogens with two attached hydrogens (primary N) is 2. The molecule has 8 heteroatoms. The van der Waals surface area contributed by atoms with Crippen molar-refractivity contribution in [3.8, 4) is 0 Å². The van der Waals surface area contributed by atoms with Crippen LogP contribution in [0, 0.1) is 5.92 Å². The second-order valence-electron chi connectivity index (χ2n) is 6.27. The lowest BCUT2D eigenvalue weighted by Crippen LogP contribution is -2.53. The maximum Gasteiger partial charge on any atom is 0.274 e. The fourth-order valence-electron chi connectivity index (χ4n) is 2.29. The van der Waals surface area contributed by atoms with E-state index in [0.29, 0.717) is 12.5 Å². The Morgan fingerprint density at radius 3 is 2.29 bits per heavy atom. The van der Waals surface area contributed by atoms with Crippen LogP contribution in [0.2, 0.25) is 5.15 Å². The van der Waals surface area contributed by atoms with Crippen LogP contribution >= 0.6 is 11.6 Å². The van der Waals surface area contributed by atoms with Crippen molar-refractivity contribution < 1.29 is 9.28 Å². The molecule has 5 N–H and O–H groups in total. The molecule has 7 nitrogen and oxygen atoms in total. The average molecular weight is 316 g/mol. The number of halogens is 1. The zero-order valence-corrected chi connectivity index (χ0v) is 13.9. The van der Waals surface area contributed by atoms with Gasteiger partial charge < -0.3 is 21.3 Å². The van der Waals surface area contributed by atoms with Gasteiger partial charge >= 0.3 is 0 Å². The van der Waals surface area contributed by atoms with Crippen molar-refractivity contribution in [3.63, 3.8) is 0 Å². The van der Waals surface area contributed by atoms with Crippen LogP contribution in [-0.2, 0) is 0 Å². The summed E-state index contributed by atoms with van der Waals surface area (Å²) in [6.45, 7) is 4.74. The molecule has 1 rings (SSSR count). The average Bonchev–Trinajstić information content (AvgIpc) is 2.31. The van der Waals surface area contributed by atoms with E-state index in [-0.39, 0.29) is 28.5 Å². The number of likely N-dealkylation sites (N-methyl/N-ethyl adjacent to an activating group) is 1. The van der Waals surface area contributed by atoms with Crippen LogP contribution in [0.5, 0.6) is 0 Å². The summed E-state index contributed by atoms with van der Waals surface area (Å²) >= 11 is 5.78. The smallest absolute Gasteiger partial charge is 0.274 e. The number of amides is 1. The number of carbonyl (C=O) groups is 1. The first kappa shape index (κ1) is 17.5. The highest BCUT2D eigenvalue weighted by atomic mass is 35.5. The molecule has 1 unspecified atom stereocenters. The van der Waals surface area contributed by atoms with Crippen molar-refractivity contribution in [2.75, 3.05) is 39.2 Å². The Morgan fingerprint density at radius 1 is 1.24 bits per heavy atom. The Kier molecular flexibility index (Phi) is 5.36. The molecular weight excluding hydrogens is 292 g/mol. The van der Waals surface area contributed by atoms with Crippen molar-refractivity contribution >= 4 is 29.1 Å². The van der Waals surface area contributed by atoms with Gasteiger partial charge in [0, 0.05) is 5.92 Å². The Hall–Kier alpha value is -1.60. The third kappa shape index (κ3) is 4.44. The molecule has 118 valence electrons. The number of quaternary nitrogens is 1. The molecule has 0 radical (unpaired) electrons. The van der Waals surface area contributed by atoms with Crippen LogP contribution in [0.4, 0.5) is 11.6 Å². The highest BCUT2D eigenvalue weighted by Gasteiger charge is 2.28. The van der Waals surface area contributed by atoms with E-state index in [0.717, 1.165) is 4.48 Å². The summed E-state index contributed by atoms with van der Waals surface area (Å²) in [4.78, 5) is 19.9. The molecule has 0 saturated heterocycles. The summed E-state index contributed by atoms with van der Waals surface area (Å²) in [6.07, 6.45) is 0. The predicted molar refractivity (Wildman–Crippen MR) is 84.9 cm³/mol. The minimum Gasteiger partial charge on any atom is -0.382 e. The molecule has 0 aliphatic carbocycles. The summed E-state index contributed by atoms with van der Waals surface area (Å²) in [6, 6.07) is 0.257. The zero-order valence-electron chi connectivity index (χ0n) is 13.1. The molecule has 1 aromatic heterocycles. The highest BCUT2D eigenvalue weighted by Crippen LogP contribution is 2.18. The van der Waals surface area contributed by atoms with E-state index in [1.807, 2.05) is 0 Å². The molecule has 0 saturated carbocycles. The fourth-order valence-corrected chi connectivity index (χ4v) is 2.42. The van der Waals surface area contributed by atoms with Gasteiger partial charge in [0.15, 0.2) is 22.5 Å². The van der Waals surface area contributed by atoms with Gasteiger partial charge in [0.2, 0.25) is 0 Å². The molecule has 0 spiro atoms. The number of nitrogens with one attached hydrogen (secondary N) is 1. The molecule has 0 fully saturated rings. The maximum atomic E-state index is 12.2. The Labute approximate surface area is 130 Å². The topological polar surface area (TPSA) is 107 Å². The van der Waals surface area contributed by atoms with Crippen molar-refractivity contribution in [2.45, 2.75) is 19.9 Å². The van der Waals surface area contributed by atoms with Gasteiger partial charge in [0.05, 0.1) is 27.7 Å². The van der Waals surface area contributed by atoms with Crippen LogP contribution < -0.4 is 16.8 Å². The molecule has 0 aliphatic rings. The van der Waals surface area contributed by atoms with Gasteiger partial charge in [-0.25, -0.2) is 9.97 Å². The lowest BCUT2D eigenvalue weighted by molar-refractivity contribution is -0.898. The largest absolute Gasteiger partial charge is 0.382 e. The molecule has 1 heterocycles. The zero-order chi connectivity index (χ0) is 16.4. The molecular formula is C13H24ClN6O+. The third-order valence-corrected chi connectivity index (χ3v) is 3.63. The van der Waals surface area contributed by atoms with E-state index in [1.54, 1.807) is 0 Å². The van der Waals surface area contributed by atoms with Gasteiger partial charge in [-0.05, 0) is 0 Å². The summed E-state index contributed by atoms with van der Waals surface area (Å²) in [5.74, 6) is -0.0115. The summed E-state index contributed by atoms with van der Waals surface area (Å²) < 4.78 is 0.738. The van der Waals surface area contributed by atoms with Crippen molar-refractivity contribution in [2.24, 2.45) is 5.92 Å². The summed E-state index contributed by atoms with van der Waals surface area (Å²) in [5.41, 5.74) is 11.2. The third-order valence-electron chi connectivity index (χ3n) is 3.36. The number of nitrogens with zero attached hydrogens (tertiary/aromatic N) is 3. The minimum atomic E-state index is -0.402. The summed E-state index contributed by atoms with van der Waals surface area (Å²) in [7, 11) is 6.27. The SMILES string of the molecule is CC(C)C(CNC(=O)c1nc(Cl)c(N)nc1N)[N+](C)(C)C.